The Kier molecular flexibility index (Phi) is 4.49. The number of fused-ring (bicyclic) bond motifs is 1. The molecule has 0 saturated carbocycles. The van der Waals surface area contributed by atoms with Gasteiger partial charge in [-0.15, -0.1) is 0 Å². The van der Waals surface area contributed by atoms with E-state index in [1.807, 2.05) is 23.1 Å². The van der Waals surface area contributed by atoms with E-state index in [0.717, 1.165) is 24.3 Å². The zero-order valence-electron chi connectivity index (χ0n) is 11.2. The van der Waals surface area contributed by atoms with Crippen molar-refractivity contribution in [2.75, 3.05) is 36.9 Å². The third kappa shape index (κ3) is 3.30. The van der Waals surface area contributed by atoms with Crippen LogP contribution in [0.25, 0.3) is 0 Å². The molecule has 0 amide bonds. The summed E-state index contributed by atoms with van der Waals surface area (Å²) in [5, 5.41) is 0. The van der Waals surface area contributed by atoms with Crippen LogP contribution in [0, 0.1) is 0 Å². The lowest BCUT2D eigenvalue weighted by Gasteiger charge is -2.31. The van der Waals surface area contributed by atoms with Crippen molar-refractivity contribution in [3.05, 3.63) is 18.2 Å². The summed E-state index contributed by atoms with van der Waals surface area (Å²) in [5.74, 6) is 0.511. The summed E-state index contributed by atoms with van der Waals surface area (Å²) in [5.41, 5.74) is 7.37. The van der Waals surface area contributed by atoms with Crippen molar-refractivity contribution in [2.24, 2.45) is 0 Å². The highest BCUT2D eigenvalue weighted by Gasteiger charge is 2.22. The van der Waals surface area contributed by atoms with Crippen LogP contribution in [0.3, 0.4) is 0 Å². The fourth-order valence-corrected chi connectivity index (χ4v) is 2.06. The number of hydrogen-bond donors (Lipinski definition) is 1. The van der Waals surface area contributed by atoms with Crippen LogP contribution in [-0.4, -0.2) is 32.3 Å². The third-order valence-electron chi connectivity index (χ3n) is 3.05. The Labute approximate surface area is 113 Å². The molecule has 0 aromatic heterocycles. The molecular weight excluding hydrogens is 244 g/mol. The van der Waals surface area contributed by atoms with Gasteiger partial charge in [0.05, 0.1) is 18.8 Å². The van der Waals surface area contributed by atoms with E-state index in [1.54, 1.807) is 0 Å². The standard InChI is InChI=1S/C14H20N2O3/c1-2-3-8-19-13(17)10-16-7-9-18-12-6-4-5-11(15)14(12)16/h4-6H,2-3,7-10,15H2,1H3. The van der Waals surface area contributed by atoms with Gasteiger partial charge in [0, 0.05) is 0 Å². The summed E-state index contributed by atoms with van der Waals surface area (Å²) in [7, 11) is 0. The number of nitrogens with two attached hydrogens (primary N) is 1. The van der Waals surface area contributed by atoms with E-state index >= 15 is 0 Å². The van der Waals surface area contributed by atoms with Crippen LogP contribution in [0.15, 0.2) is 18.2 Å². The van der Waals surface area contributed by atoms with Crippen LogP contribution in [0.1, 0.15) is 19.8 Å². The van der Waals surface area contributed by atoms with Crippen molar-refractivity contribution in [3.63, 3.8) is 0 Å². The van der Waals surface area contributed by atoms with Crippen LogP contribution in [-0.2, 0) is 9.53 Å². The highest BCUT2D eigenvalue weighted by Crippen LogP contribution is 2.36. The molecule has 2 rings (SSSR count). The predicted molar refractivity (Wildman–Crippen MR) is 74.4 cm³/mol. The minimum atomic E-state index is -0.218. The van der Waals surface area contributed by atoms with E-state index < -0.39 is 0 Å². The highest BCUT2D eigenvalue weighted by atomic mass is 16.5. The number of esters is 1. The second-order valence-corrected chi connectivity index (χ2v) is 4.54. The van der Waals surface area contributed by atoms with E-state index in [1.165, 1.54) is 0 Å². The largest absolute Gasteiger partial charge is 0.489 e. The molecule has 0 aliphatic carbocycles. The monoisotopic (exact) mass is 264 g/mol. The number of ether oxygens (including phenoxy) is 2. The van der Waals surface area contributed by atoms with E-state index in [4.69, 9.17) is 15.2 Å². The fourth-order valence-electron chi connectivity index (χ4n) is 2.06. The first-order chi connectivity index (χ1) is 9.22. The smallest absolute Gasteiger partial charge is 0.325 e. The van der Waals surface area contributed by atoms with Crippen LogP contribution in [0.2, 0.25) is 0 Å². The second-order valence-electron chi connectivity index (χ2n) is 4.54. The average Bonchev–Trinajstić information content (AvgIpc) is 2.39. The minimum Gasteiger partial charge on any atom is -0.489 e. The van der Waals surface area contributed by atoms with Crippen molar-refractivity contribution < 1.29 is 14.3 Å². The molecule has 5 heteroatoms. The molecule has 0 atom stereocenters. The van der Waals surface area contributed by atoms with E-state index in [0.29, 0.717) is 25.4 Å². The molecule has 0 radical (unpaired) electrons. The maximum absolute atomic E-state index is 11.8. The molecule has 1 aromatic rings. The normalized spacial score (nSPS) is 13.6. The summed E-state index contributed by atoms with van der Waals surface area (Å²) < 4.78 is 10.7. The maximum atomic E-state index is 11.8. The first kappa shape index (κ1) is 13.5. The number of para-hydroxylation sites is 1. The summed E-state index contributed by atoms with van der Waals surface area (Å²) in [6.45, 7) is 3.96. The fraction of sp³-hybridized carbons (Fsp3) is 0.500. The molecule has 0 fully saturated rings. The van der Waals surface area contributed by atoms with Gasteiger partial charge in [0.2, 0.25) is 0 Å². The van der Waals surface area contributed by atoms with Gasteiger partial charge in [-0.25, -0.2) is 0 Å². The molecule has 0 spiro atoms. The molecular formula is C14H20N2O3. The van der Waals surface area contributed by atoms with Gasteiger partial charge in [0.1, 0.15) is 24.6 Å². The van der Waals surface area contributed by atoms with Crippen molar-refractivity contribution >= 4 is 17.3 Å². The predicted octanol–water partition coefficient (Wildman–Crippen LogP) is 1.81. The first-order valence-electron chi connectivity index (χ1n) is 6.64. The molecule has 19 heavy (non-hydrogen) atoms. The van der Waals surface area contributed by atoms with Gasteiger partial charge >= 0.3 is 5.97 Å². The third-order valence-corrected chi connectivity index (χ3v) is 3.05. The average molecular weight is 264 g/mol. The van der Waals surface area contributed by atoms with Crippen LogP contribution < -0.4 is 15.4 Å². The molecule has 104 valence electrons. The summed E-state index contributed by atoms with van der Waals surface area (Å²) >= 11 is 0. The van der Waals surface area contributed by atoms with Gasteiger partial charge in [0.25, 0.3) is 0 Å². The second kappa shape index (κ2) is 6.31. The Morgan fingerprint density at radius 2 is 2.37 bits per heavy atom. The van der Waals surface area contributed by atoms with E-state index in [2.05, 4.69) is 6.92 Å². The number of benzene rings is 1. The molecule has 1 aromatic carbocycles. The first-order valence-corrected chi connectivity index (χ1v) is 6.64. The Balaban J connectivity index is 2.01. The number of nitrogen functional groups attached to an aromatic ring is 1. The Bertz CT molecular complexity index is 448. The number of carbonyl (C=O) groups excluding carboxylic acids is 1. The molecule has 1 heterocycles. The van der Waals surface area contributed by atoms with Crippen LogP contribution in [0.5, 0.6) is 5.75 Å². The Morgan fingerprint density at radius 1 is 1.53 bits per heavy atom. The van der Waals surface area contributed by atoms with Gasteiger partial charge in [-0.3, -0.25) is 4.79 Å². The lowest BCUT2D eigenvalue weighted by atomic mass is 10.2. The number of unbranched alkanes of at least 4 members (excludes halogenated alkanes) is 1. The number of carbonyl (C=O) groups is 1. The van der Waals surface area contributed by atoms with E-state index in [9.17, 15) is 4.79 Å². The summed E-state index contributed by atoms with van der Waals surface area (Å²) in [6, 6.07) is 5.51. The molecule has 2 N–H and O–H groups in total. The molecule has 1 aliphatic rings. The lowest BCUT2D eigenvalue weighted by Crippen LogP contribution is -2.38. The van der Waals surface area contributed by atoms with Gasteiger partial charge in [-0.2, -0.15) is 0 Å². The van der Waals surface area contributed by atoms with Gasteiger partial charge < -0.3 is 20.1 Å². The van der Waals surface area contributed by atoms with Gasteiger partial charge in [0.15, 0.2) is 0 Å². The number of hydrogen-bond acceptors (Lipinski definition) is 5. The molecule has 0 unspecified atom stereocenters. The molecule has 5 nitrogen and oxygen atoms in total. The number of nitrogens with zero attached hydrogens (tertiary/aromatic N) is 1. The Hall–Kier alpha value is -1.91. The summed E-state index contributed by atoms with van der Waals surface area (Å²) in [6.07, 6.45) is 1.91. The van der Waals surface area contributed by atoms with E-state index in [-0.39, 0.29) is 12.5 Å². The molecule has 1 aliphatic heterocycles. The topological polar surface area (TPSA) is 64.8 Å². The minimum absolute atomic E-state index is 0.217. The quantitative estimate of drug-likeness (QED) is 0.499. The maximum Gasteiger partial charge on any atom is 0.325 e. The number of rotatable bonds is 5. The zero-order valence-corrected chi connectivity index (χ0v) is 11.2. The van der Waals surface area contributed by atoms with Crippen LogP contribution in [0.4, 0.5) is 11.4 Å². The van der Waals surface area contributed by atoms with Gasteiger partial charge in [-0.05, 0) is 18.6 Å². The lowest BCUT2D eigenvalue weighted by molar-refractivity contribution is -0.142. The molecule has 0 saturated heterocycles. The van der Waals surface area contributed by atoms with Gasteiger partial charge in [-0.1, -0.05) is 19.4 Å². The van der Waals surface area contributed by atoms with Crippen molar-refractivity contribution in [3.8, 4) is 5.75 Å². The Morgan fingerprint density at radius 3 is 3.16 bits per heavy atom. The number of anilines is 2. The molecule has 0 bridgehead atoms. The summed E-state index contributed by atoms with van der Waals surface area (Å²) in [4.78, 5) is 13.7. The van der Waals surface area contributed by atoms with Crippen LogP contribution >= 0.6 is 0 Å². The highest BCUT2D eigenvalue weighted by molar-refractivity contribution is 5.82. The van der Waals surface area contributed by atoms with Crippen molar-refractivity contribution in [2.45, 2.75) is 19.8 Å². The van der Waals surface area contributed by atoms with Crippen molar-refractivity contribution in [1.29, 1.82) is 0 Å². The zero-order chi connectivity index (χ0) is 13.7. The SMILES string of the molecule is CCCCOC(=O)CN1CCOc2cccc(N)c21. The van der Waals surface area contributed by atoms with Crippen molar-refractivity contribution in [1.82, 2.24) is 0 Å².